The Morgan fingerprint density at radius 1 is 1.07 bits per heavy atom. The molecule has 0 amide bonds. The van der Waals surface area contributed by atoms with Crippen LogP contribution in [0.25, 0.3) is 5.69 Å². The van der Waals surface area contributed by atoms with Crippen molar-refractivity contribution < 1.29 is 0 Å². The molecule has 0 saturated heterocycles. The first-order valence-electron chi connectivity index (χ1n) is 4.94. The van der Waals surface area contributed by atoms with Gasteiger partial charge >= 0.3 is 0 Å². The number of aryl methyl sites for hydroxylation is 2. The zero-order valence-electron chi connectivity index (χ0n) is 8.90. The van der Waals surface area contributed by atoms with Crippen molar-refractivity contribution in [3.8, 4) is 5.69 Å². The van der Waals surface area contributed by atoms with Crippen LogP contribution >= 0.6 is 0 Å². The van der Waals surface area contributed by atoms with E-state index in [0.29, 0.717) is 0 Å². The Labute approximate surface area is 88.8 Å². The summed E-state index contributed by atoms with van der Waals surface area (Å²) in [5, 5.41) is 0. The number of hydrogen-bond acceptors (Lipinski definition) is 1. The molecule has 0 aliphatic rings. The molecule has 0 fully saturated rings. The third kappa shape index (κ3) is 1.84. The van der Waals surface area contributed by atoms with Crippen LogP contribution in [0.1, 0.15) is 11.1 Å². The van der Waals surface area contributed by atoms with E-state index >= 15 is 0 Å². The van der Waals surface area contributed by atoms with Crippen molar-refractivity contribution in [3.63, 3.8) is 0 Å². The van der Waals surface area contributed by atoms with Crippen molar-refractivity contribution in [1.82, 2.24) is 4.57 Å². The standard InChI is InChI=1S/C13H13NO/c1-10-5-3-7-12(9-10)14-8-4-6-11(2)13(14)15/h3-9H,1-2H3. The average molecular weight is 199 g/mol. The lowest BCUT2D eigenvalue weighted by Crippen LogP contribution is -2.19. The highest BCUT2D eigenvalue weighted by atomic mass is 16.1. The van der Waals surface area contributed by atoms with Crippen LogP contribution in [0, 0.1) is 13.8 Å². The molecule has 0 atom stereocenters. The van der Waals surface area contributed by atoms with Crippen LogP contribution < -0.4 is 5.56 Å². The zero-order chi connectivity index (χ0) is 10.8. The predicted octanol–water partition coefficient (Wildman–Crippen LogP) is 2.45. The Morgan fingerprint density at radius 3 is 2.60 bits per heavy atom. The molecule has 15 heavy (non-hydrogen) atoms. The SMILES string of the molecule is Cc1cccc(-n2cccc(C)c2=O)c1. The summed E-state index contributed by atoms with van der Waals surface area (Å²) in [6.07, 6.45) is 1.80. The summed E-state index contributed by atoms with van der Waals surface area (Å²) >= 11 is 0. The summed E-state index contributed by atoms with van der Waals surface area (Å²) < 4.78 is 1.67. The van der Waals surface area contributed by atoms with Gasteiger partial charge in [0.2, 0.25) is 0 Å². The van der Waals surface area contributed by atoms with Crippen molar-refractivity contribution in [1.29, 1.82) is 0 Å². The van der Waals surface area contributed by atoms with Crippen LogP contribution in [-0.4, -0.2) is 4.57 Å². The molecule has 0 radical (unpaired) electrons. The van der Waals surface area contributed by atoms with Gasteiger partial charge in [-0.1, -0.05) is 18.2 Å². The lowest BCUT2D eigenvalue weighted by molar-refractivity contribution is 0.968. The highest BCUT2D eigenvalue weighted by Crippen LogP contribution is 2.07. The third-order valence-corrected chi connectivity index (χ3v) is 2.42. The van der Waals surface area contributed by atoms with Gasteiger partial charge in [0.15, 0.2) is 0 Å². The monoisotopic (exact) mass is 199 g/mol. The quantitative estimate of drug-likeness (QED) is 0.691. The van der Waals surface area contributed by atoms with Gasteiger partial charge in [-0.2, -0.15) is 0 Å². The van der Waals surface area contributed by atoms with E-state index in [1.807, 2.05) is 50.2 Å². The Morgan fingerprint density at radius 2 is 1.87 bits per heavy atom. The predicted molar refractivity (Wildman–Crippen MR) is 61.5 cm³/mol. The van der Waals surface area contributed by atoms with Crippen LogP contribution in [-0.2, 0) is 0 Å². The van der Waals surface area contributed by atoms with E-state index in [9.17, 15) is 4.79 Å². The summed E-state index contributed by atoms with van der Waals surface area (Å²) in [4.78, 5) is 11.8. The van der Waals surface area contributed by atoms with Gasteiger partial charge in [-0.15, -0.1) is 0 Å². The zero-order valence-corrected chi connectivity index (χ0v) is 8.90. The molecule has 0 unspecified atom stereocenters. The fraction of sp³-hybridized carbons (Fsp3) is 0.154. The second-order valence-electron chi connectivity index (χ2n) is 3.71. The number of rotatable bonds is 1. The molecule has 0 bridgehead atoms. The van der Waals surface area contributed by atoms with E-state index in [1.165, 1.54) is 0 Å². The molecule has 0 spiro atoms. The first-order valence-corrected chi connectivity index (χ1v) is 4.94. The van der Waals surface area contributed by atoms with Gasteiger partial charge in [-0.05, 0) is 37.6 Å². The second-order valence-corrected chi connectivity index (χ2v) is 3.71. The van der Waals surface area contributed by atoms with E-state index in [-0.39, 0.29) is 5.56 Å². The summed E-state index contributed by atoms with van der Waals surface area (Å²) in [6.45, 7) is 3.85. The molecule has 2 rings (SSSR count). The molecular formula is C13H13NO. The van der Waals surface area contributed by atoms with Crippen molar-refractivity contribution in [3.05, 3.63) is 64.1 Å². The normalized spacial score (nSPS) is 10.3. The van der Waals surface area contributed by atoms with Gasteiger partial charge in [0.1, 0.15) is 0 Å². The summed E-state index contributed by atoms with van der Waals surface area (Å²) in [7, 11) is 0. The Hall–Kier alpha value is -1.83. The first kappa shape index (κ1) is 9.71. The number of nitrogens with zero attached hydrogens (tertiary/aromatic N) is 1. The third-order valence-electron chi connectivity index (χ3n) is 2.42. The fourth-order valence-electron chi connectivity index (χ4n) is 1.58. The minimum absolute atomic E-state index is 0.0445. The summed E-state index contributed by atoms with van der Waals surface area (Å²) in [5.41, 5.74) is 2.88. The Balaban J connectivity index is 2.65. The molecule has 1 heterocycles. The molecule has 1 aromatic heterocycles. The topological polar surface area (TPSA) is 22.0 Å². The van der Waals surface area contributed by atoms with E-state index in [0.717, 1.165) is 16.8 Å². The van der Waals surface area contributed by atoms with Gasteiger partial charge in [-0.25, -0.2) is 0 Å². The van der Waals surface area contributed by atoms with Crippen LogP contribution in [0.2, 0.25) is 0 Å². The lowest BCUT2D eigenvalue weighted by atomic mass is 10.2. The van der Waals surface area contributed by atoms with E-state index in [2.05, 4.69) is 0 Å². The second kappa shape index (κ2) is 3.73. The number of aromatic nitrogens is 1. The van der Waals surface area contributed by atoms with E-state index < -0.39 is 0 Å². The maximum Gasteiger partial charge on any atom is 0.257 e. The van der Waals surface area contributed by atoms with Crippen molar-refractivity contribution in [2.45, 2.75) is 13.8 Å². The van der Waals surface area contributed by atoms with E-state index in [4.69, 9.17) is 0 Å². The fourth-order valence-corrected chi connectivity index (χ4v) is 1.58. The maximum absolute atomic E-state index is 11.8. The van der Waals surface area contributed by atoms with Gasteiger partial charge in [0, 0.05) is 17.4 Å². The molecule has 2 aromatic rings. The van der Waals surface area contributed by atoms with Gasteiger partial charge < -0.3 is 0 Å². The molecular weight excluding hydrogens is 186 g/mol. The highest BCUT2D eigenvalue weighted by Gasteiger charge is 2.00. The van der Waals surface area contributed by atoms with Crippen LogP contribution in [0.4, 0.5) is 0 Å². The average Bonchev–Trinajstić information content (AvgIpc) is 2.22. The van der Waals surface area contributed by atoms with Gasteiger partial charge in [0.25, 0.3) is 5.56 Å². The van der Waals surface area contributed by atoms with Gasteiger partial charge in [-0.3, -0.25) is 9.36 Å². The van der Waals surface area contributed by atoms with Crippen LogP contribution in [0.5, 0.6) is 0 Å². The molecule has 0 aliphatic heterocycles. The van der Waals surface area contributed by atoms with Crippen molar-refractivity contribution >= 4 is 0 Å². The molecule has 0 aliphatic carbocycles. The number of hydrogen-bond donors (Lipinski definition) is 0. The van der Waals surface area contributed by atoms with Crippen molar-refractivity contribution in [2.24, 2.45) is 0 Å². The molecule has 2 nitrogen and oxygen atoms in total. The molecule has 76 valence electrons. The van der Waals surface area contributed by atoms with Crippen molar-refractivity contribution in [2.75, 3.05) is 0 Å². The molecule has 1 aromatic carbocycles. The van der Waals surface area contributed by atoms with Gasteiger partial charge in [0.05, 0.1) is 0 Å². The smallest absolute Gasteiger partial charge is 0.257 e. The number of pyridine rings is 1. The molecule has 2 heteroatoms. The minimum atomic E-state index is 0.0445. The molecule has 0 N–H and O–H groups in total. The molecule has 0 saturated carbocycles. The Bertz CT molecular complexity index is 540. The minimum Gasteiger partial charge on any atom is -0.284 e. The lowest BCUT2D eigenvalue weighted by Gasteiger charge is -2.06. The van der Waals surface area contributed by atoms with E-state index in [1.54, 1.807) is 10.8 Å². The first-order chi connectivity index (χ1) is 7.18. The highest BCUT2D eigenvalue weighted by molar-refractivity contribution is 5.36. The number of benzene rings is 1. The largest absolute Gasteiger partial charge is 0.284 e. The summed E-state index contributed by atoms with van der Waals surface area (Å²) in [6, 6.07) is 11.6. The van der Waals surface area contributed by atoms with Crippen LogP contribution in [0.15, 0.2) is 47.4 Å². The Kier molecular flexibility index (Phi) is 2.42. The maximum atomic E-state index is 11.8. The van der Waals surface area contributed by atoms with Crippen LogP contribution in [0.3, 0.4) is 0 Å². The summed E-state index contributed by atoms with van der Waals surface area (Å²) in [5.74, 6) is 0.